The number of sulfonamides is 1. The van der Waals surface area contributed by atoms with Gasteiger partial charge in [-0.2, -0.15) is 0 Å². The molecule has 1 aromatic rings. The van der Waals surface area contributed by atoms with Gasteiger partial charge in [0.05, 0.1) is 6.54 Å². The lowest BCUT2D eigenvalue weighted by Gasteiger charge is -2.38. The van der Waals surface area contributed by atoms with Gasteiger partial charge in [-0.15, -0.1) is 0 Å². The van der Waals surface area contributed by atoms with Gasteiger partial charge in [0, 0.05) is 18.7 Å². The average molecular weight is 312 g/mol. The SMILES string of the molecule is Cc1oc(CNC2CC2)cc1S(=O)(=O)NCC1(C)CCC1. The van der Waals surface area contributed by atoms with Crippen molar-refractivity contribution in [2.24, 2.45) is 5.41 Å². The fourth-order valence-electron chi connectivity index (χ4n) is 2.71. The van der Waals surface area contributed by atoms with Crippen LogP contribution in [0.25, 0.3) is 0 Å². The van der Waals surface area contributed by atoms with E-state index in [2.05, 4.69) is 17.0 Å². The molecule has 2 saturated carbocycles. The van der Waals surface area contributed by atoms with Gasteiger partial charge in [0.25, 0.3) is 0 Å². The van der Waals surface area contributed by atoms with Gasteiger partial charge in [-0.05, 0) is 38.0 Å². The first-order valence-electron chi connectivity index (χ1n) is 7.70. The van der Waals surface area contributed by atoms with E-state index in [0.717, 1.165) is 12.8 Å². The van der Waals surface area contributed by atoms with Crippen LogP contribution in [0.15, 0.2) is 15.4 Å². The van der Waals surface area contributed by atoms with E-state index < -0.39 is 10.0 Å². The first-order valence-corrected chi connectivity index (χ1v) is 9.19. The van der Waals surface area contributed by atoms with Gasteiger partial charge >= 0.3 is 0 Å². The topological polar surface area (TPSA) is 71.3 Å². The fourth-order valence-corrected chi connectivity index (χ4v) is 4.12. The van der Waals surface area contributed by atoms with E-state index in [-0.39, 0.29) is 10.3 Å². The molecule has 2 N–H and O–H groups in total. The molecule has 0 unspecified atom stereocenters. The molecule has 0 spiro atoms. The molecule has 0 bridgehead atoms. The zero-order valence-corrected chi connectivity index (χ0v) is 13.6. The minimum absolute atomic E-state index is 0.126. The Morgan fingerprint density at radius 3 is 2.67 bits per heavy atom. The van der Waals surface area contributed by atoms with Crippen molar-refractivity contribution in [3.05, 3.63) is 17.6 Å². The Morgan fingerprint density at radius 2 is 2.10 bits per heavy atom. The molecule has 2 fully saturated rings. The predicted molar refractivity (Wildman–Crippen MR) is 80.5 cm³/mol. The Labute approximate surface area is 126 Å². The Morgan fingerprint density at radius 1 is 1.38 bits per heavy atom. The molecule has 0 atom stereocenters. The summed E-state index contributed by atoms with van der Waals surface area (Å²) in [6.45, 7) is 4.95. The molecule has 6 heteroatoms. The summed E-state index contributed by atoms with van der Waals surface area (Å²) in [6, 6.07) is 2.23. The van der Waals surface area contributed by atoms with Gasteiger partial charge in [0.2, 0.25) is 10.0 Å². The highest BCUT2D eigenvalue weighted by molar-refractivity contribution is 7.89. The molecule has 0 aromatic carbocycles. The maximum absolute atomic E-state index is 12.4. The number of aryl methyl sites for hydroxylation is 1. The van der Waals surface area contributed by atoms with Gasteiger partial charge in [0.1, 0.15) is 16.4 Å². The van der Waals surface area contributed by atoms with Crippen molar-refractivity contribution in [3.63, 3.8) is 0 Å². The molecular formula is C15H24N2O3S. The maximum atomic E-state index is 12.4. The van der Waals surface area contributed by atoms with E-state index in [0.29, 0.717) is 30.7 Å². The minimum atomic E-state index is -3.47. The third kappa shape index (κ3) is 3.49. The standard InChI is InChI=1S/C15H24N2O3S/c1-11-14(8-13(20-11)9-16-12-4-5-12)21(18,19)17-10-15(2)6-3-7-15/h8,12,16-17H,3-7,9-10H2,1-2H3. The predicted octanol–water partition coefficient (Wildman–Crippen LogP) is 2.31. The first-order chi connectivity index (χ1) is 9.88. The maximum Gasteiger partial charge on any atom is 0.244 e. The van der Waals surface area contributed by atoms with E-state index in [1.165, 1.54) is 19.3 Å². The van der Waals surface area contributed by atoms with Crippen LogP contribution in [0.1, 0.15) is 50.5 Å². The summed E-state index contributed by atoms with van der Waals surface area (Å²) in [4.78, 5) is 0.276. The van der Waals surface area contributed by atoms with Gasteiger partial charge in [-0.25, -0.2) is 13.1 Å². The Kier molecular flexibility index (Phi) is 3.88. The first kappa shape index (κ1) is 15.1. The minimum Gasteiger partial charge on any atom is -0.464 e. The Bertz CT molecular complexity index is 613. The van der Waals surface area contributed by atoms with Crippen molar-refractivity contribution < 1.29 is 12.8 Å². The van der Waals surface area contributed by atoms with Crippen molar-refractivity contribution in [2.45, 2.75) is 63.4 Å². The van der Waals surface area contributed by atoms with Crippen molar-refractivity contribution in [3.8, 4) is 0 Å². The molecule has 1 aromatic heterocycles. The third-order valence-electron chi connectivity index (χ3n) is 4.60. The van der Waals surface area contributed by atoms with Crippen LogP contribution >= 0.6 is 0 Å². The second kappa shape index (κ2) is 5.41. The van der Waals surface area contributed by atoms with Gasteiger partial charge in [-0.3, -0.25) is 0 Å². The summed E-state index contributed by atoms with van der Waals surface area (Å²) < 4.78 is 33.1. The molecule has 1 heterocycles. The number of hydrogen-bond donors (Lipinski definition) is 2. The van der Waals surface area contributed by atoms with E-state index >= 15 is 0 Å². The van der Waals surface area contributed by atoms with Crippen molar-refractivity contribution in [1.82, 2.24) is 10.0 Å². The lowest BCUT2D eigenvalue weighted by Crippen LogP contribution is -2.39. The zero-order chi connectivity index (χ0) is 15.1. The smallest absolute Gasteiger partial charge is 0.244 e. The van der Waals surface area contributed by atoms with Crippen molar-refractivity contribution in [2.75, 3.05) is 6.54 Å². The number of furan rings is 1. The van der Waals surface area contributed by atoms with Gasteiger partial charge in [-0.1, -0.05) is 13.3 Å². The fraction of sp³-hybridized carbons (Fsp3) is 0.733. The van der Waals surface area contributed by atoms with Crippen LogP contribution in [-0.4, -0.2) is 21.0 Å². The monoisotopic (exact) mass is 312 g/mol. The van der Waals surface area contributed by atoms with Gasteiger partial charge in [0.15, 0.2) is 0 Å². The Balaban J connectivity index is 1.65. The number of nitrogens with one attached hydrogen (secondary N) is 2. The summed E-state index contributed by atoms with van der Waals surface area (Å²) in [5.74, 6) is 1.16. The summed E-state index contributed by atoms with van der Waals surface area (Å²) in [5, 5.41) is 3.33. The normalized spacial score (nSPS) is 21.2. The molecule has 21 heavy (non-hydrogen) atoms. The third-order valence-corrected chi connectivity index (χ3v) is 6.11. The highest BCUT2D eigenvalue weighted by atomic mass is 32.2. The highest BCUT2D eigenvalue weighted by Gasteiger charge is 2.33. The lowest BCUT2D eigenvalue weighted by molar-refractivity contribution is 0.166. The van der Waals surface area contributed by atoms with Crippen molar-refractivity contribution in [1.29, 1.82) is 0 Å². The summed E-state index contributed by atoms with van der Waals surface area (Å²) in [7, 11) is -3.47. The molecule has 0 aliphatic heterocycles. The summed E-state index contributed by atoms with van der Waals surface area (Å²) in [5.41, 5.74) is 0.126. The van der Waals surface area contributed by atoms with Crippen LogP contribution in [0.3, 0.4) is 0 Å². The second-order valence-corrected chi connectivity index (χ2v) is 8.51. The molecule has 3 rings (SSSR count). The van der Waals surface area contributed by atoms with E-state index in [1.807, 2.05) is 0 Å². The lowest BCUT2D eigenvalue weighted by atomic mass is 9.71. The van der Waals surface area contributed by atoms with Crippen molar-refractivity contribution >= 4 is 10.0 Å². The second-order valence-electron chi connectivity index (χ2n) is 6.78. The number of rotatable bonds is 7. The molecule has 2 aliphatic rings. The van der Waals surface area contributed by atoms with Crippen LogP contribution in [-0.2, 0) is 16.6 Å². The molecule has 0 radical (unpaired) electrons. The summed E-state index contributed by atoms with van der Waals surface area (Å²) in [6.07, 6.45) is 5.78. The highest BCUT2D eigenvalue weighted by Crippen LogP contribution is 2.39. The molecule has 0 amide bonds. The quantitative estimate of drug-likeness (QED) is 0.810. The van der Waals surface area contributed by atoms with Crippen LogP contribution in [0.4, 0.5) is 0 Å². The van der Waals surface area contributed by atoms with Crippen LogP contribution in [0, 0.1) is 12.3 Å². The van der Waals surface area contributed by atoms with Gasteiger partial charge < -0.3 is 9.73 Å². The zero-order valence-electron chi connectivity index (χ0n) is 12.7. The molecule has 118 valence electrons. The molecular weight excluding hydrogens is 288 g/mol. The van der Waals surface area contributed by atoms with Crippen LogP contribution in [0.5, 0.6) is 0 Å². The van der Waals surface area contributed by atoms with Crippen LogP contribution in [0.2, 0.25) is 0 Å². The number of hydrogen-bond acceptors (Lipinski definition) is 4. The molecule has 0 saturated heterocycles. The molecule has 5 nitrogen and oxygen atoms in total. The average Bonchev–Trinajstić information content (AvgIpc) is 3.14. The van der Waals surface area contributed by atoms with Crippen LogP contribution < -0.4 is 10.0 Å². The van der Waals surface area contributed by atoms with E-state index in [1.54, 1.807) is 13.0 Å². The van der Waals surface area contributed by atoms with E-state index in [9.17, 15) is 8.42 Å². The largest absolute Gasteiger partial charge is 0.464 e. The van der Waals surface area contributed by atoms with E-state index in [4.69, 9.17) is 4.42 Å². The molecule has 2 aliphatic carbocycles. The Hall–Kier alpha value is -0.850. The summed E-state index contributed by atoms with van der Waals surface area (Å²) >= 11 is 0.